The summed E-state index contributed by atoms with van der Waals surface area (Å²) in [6, 6.07) is 14.3. The van der Waals surface area contributed by atoms with Crippen LogP contribution in [0.3, 0.4) is 0 Å². The normalized spacial score (nSPS) is 14.5. The fourth-order valence-corrected chi connectivity index (χ4v) is 3.64. The van der Waals surface area contributed by atoms with E-state index in [0.717, 1.165) is 35.2 Å². The Morgan fingerprint density at radius 2 is 1.88 bits per heavy atom. The van der Waals surface area contributed by atoms with Crippen LogP contribution in [-0.2, 0) is 6.54 Å². The Hall–Kier alpha value is -2.75. The van der Waals surface area contributed by atoms with Crippen molar-refractivity contribution in [3.05, 3.63) is 64.8 Å². The summed E-state index contributed by atoms with van der Waals surface area (Å²) in [6.07, 6.45) is 0. The number of carbonyl (C=O) groups excluding carboxylic acids is 1. The number of aryl methyl sites for hydroxylation is 2. The van der Waals surface area contributed by atoms with Gasteiger partial charge in [0.1, 0.15) is 0 Å². The molecule has 0 saturated carbocycles. The highest BCUT2D eigenvalue weighted by Gasteiger charge is 2.22. The molecule has 128 valence electrons. The summed E-state index contributed by atoms with van der Waals surface area (Å²) >= 11 is 0. The highest BCUT2D eigenvalue weighted by atomic mass is 16.2. The van der Waals surface area contributed by atoms with E-state index in [-0.39, 0.29) is 5.91 Å². The zero-order chi connectivity index (χ0) is 17.6. The minimum atomic E-state index is 0.102. The van der Waals surface area contributed by atoms with Crippen LogP contribution in [0.4, 0.5) is 5.69 Å². The van der Waals surface area contributed by atoms with E-state index in [9.17, 15) is 4.79 Å². The number of nitrogens with zero attached hydrogens (tertiary/aromatic N) is 2. The van der Waals surface area contributed by atoms with Crippen LogP contribution in [0.25, 0.3) is 10.9 Å². The number of fused-ring (bicyclic) bond motifs is 2. The first kappa shape index (κ1) is 15.8. The first-order valence-electron chi connectivity index (χ1n) is 8.72. The fourth-order valence-electron chi connectivity index (χ4n) is 3.64. The molecule has 0 aliphatic carbocycles. The first-order chi connectivity index (χ1) is 12.0. The molecule has 0 radical (unpaired) electrons. The number of amides is 1. The van der Waals surface area contributed by atoms with Crippen molar-refractivity contribution < 1.29 is 4.79 Å². The van der Waals surface area contributed by atoms with Crippen molar-refractivity contribution in [3.8, 4) is 0 Å². The molecular formula is C21H23N3O. The Bertz CT molecular complexity index is 957. The molecule has 4 heteroatoms. The second-order valence-corrected chi connectivity index (χ2v) is 6.91. The number of hydrogen-bond acceptors (Lipinski definition) is 2. The minimum Gasteiger partial charge on any atom is -0.373 e. The van der Waals surface area contributed by atoms with Crippen molar-refractivity contribution in [2.45, 2.75) is 20.4 Å². The lowest BCUT2D eigenvalue weighted by Crippen LogP contribution is -2.34. The van der Waals surface area contributed by atoms with Gasteiger partial charge in [0.25, 0.3) is 5.91 Å². The van der Waals surface area contributed by atoms with E-state index < -0.39 is 0 Å². The number of rotatable bonds is 1. The average molecular weight is 333 g/mol. The minimum absolute atomic E-state index is 0.102. The summed E-state index contributed by atoms with van der Waals surface area (Å²) < 4.78 is 0. The smallest absolute Gasteiger partial charge is 0.254 e. The van der Waals surface area contributed by atoms with Crippen LogP contribution in [-0.4, -0.2) is 35.9 Å². The van der Waals surface area contributed by atoms with Gasteiger partial charge in [-0.1, -0.05) is 18.2 Å². The van der Waals surface area contributed by atoms with Gasteiger partial charge in [-0.05, 0) is 49.2 Å². The molecule has 2 heterocycles. The molecule has 1 aliphatic heterocycles. The van der Waals surface area contributed by atoms with Gasteiger partial charge < -0.3 is 14.8 Å². The number of aromatic nitrogens is 1. The maximum absolute atomic E-state index is 13.1. The third kappa shape index (κ3) is 2.68. The van der Waals surface area contributed by atoms with Crippen molar-refractivity contribution >= 4 is 22.5 Å². The summed E-state index contributed by atoms with van der Waals surface area (Å²) in [7, 11) is 2.09. The van der Waals surface area contributed by atoms with Crippen molar-refractivity contribution in [1.82, 2.24) is 9.88 Å². The number of benzene rings is 2. The van der Waals surface area contributed by atoms with Crippen LogP contribution < -0.4 is 4.90 Å². The first-order valence-corrected chi connectivity index (χ1v) is 8.72. The van der Waals surface area contributed by atoms with Crippen LogP contribution in [0.15, 0.2) is 42.5 Å². The monoisotopic (exact) mass is 333 g/mol. The van der Waals surface area contributed by atoms with E-state index in [4.69, 9.17) is 0 Å². The predicted molar refractivity (Wildman–Crippen MR) is 102 cm³/mol. The second kappa shape index (κ2) is 5.96. The Balaban J connectivity index is 1.68. The van der Waals surface area contributed by atoms with Crippen LogP contribution >= 0.6 is 0 Å². The van der Waals surface area contributed by atoms with Gasteiger partial charge in [-0.25, -0.2) is 0 Å². The van der Waals surface area contributed by atoms with Gasteiger partial charge in [-0.15, -0.1) is 0 Å². The molecule has 4 nitrogen and oxygen atoms in total. The number of nitrogens with one attached hydrogen (secondary N) is 1. The summed E-state index contributed by atoms with van der Waals surface area (Å²) in [6.45, 7) is 6.39. The molecule has 2 aromatic carbocycles. The molecule has 4 rings (SSSR count). The van der Waals surface area contributed by atoms with Gasteiger partial charge in [-0.3, -0.25) is 4.79 Å². The van der Waals surface area contributed by atoms with E-state index in [1.54, 1.807) is 0 Å². The van der Waals surface area contributed by atoms with Crippen LogP contribution in [0.2, 0.25) is 0 Å². The average Bonchev–Trinajstić information content (AvgIpc) is 2.80. The lowest BCUT2D eigenvalue weighted by atomic mass is 10.1. The molecule has 1 amide bonds. The number of anilines is 1. The molecular weight excluding hydrogens is 310 g/mol. The molecule has 0 bridgehead atoms. The Labute approximate surface area is 148 Å². The quantitative estimate of drug-likeness (QED) is 0.734. The maximum atomic E-state index is 13.1. The standard InChI is InChI=1S/C21H23N3O/c1-14-15(2)22-19-9-8-16(12-18(14)19)21(25)24-11-10-23(3)20-7-5-4-6-17(20)13-24/h4-9,12,22H,10-11,13H2,1-3H3. The van der Waals surface area contributed by atoms with Crippen LogP contribution in [0.5, 0.6) is 0 Å². The van der Waals surface area contributed by atoms with Crippen LogP contribution in [0.1, 0.15) is 27.2 Å². The van der Waals surface area contributed by atoms with E-state index in [1.807, 2.05) is 29.2 Å². The van der Waals surface area contributed by atoms with E-state index >= 15 is 0 Å². The van der Waals surface area contributed by atoms with Gasteiger partial charge in [-0.2, -0.15) is 0 Å². The second-order valence-electron chi connectivity index (χ2n) is 6.91. The Morgan fingerprint density at radius 1 is 1.08 bits per heavy atom. The number of carbonyl (C=O) groups is 1. The molecule has 1 aromatic heterocycles. The third-order valence-corrected chi connectivity index (χ3v) is 5.31. The van der Waals surface area contributed by atoms with Gasteiger partial charge in [0.15, 0.2) is 0 Å². The lowest BCUT2D eigenvalue weighted by molar-refractivity contribution is 0.0752. The number of likely N-dealkylation sites (N-methyl/N-ethyl adjacent to an activating group) is 1. The molecule has 0 fully saturated rings. The molecule has 0 atom stereocenters. The van der Waals surface area contributed by atoms with Gasteiger partial charge >= 0.3 is 0 Å². The molecule has 1 aliphatic rings. The van der Waals surface area contributed by atoms with Gasteiger partial charge in [0.05, 0.1) is 0 Å². The molecule has 0 saturated heterocycles. The topological polar surface area (TPSA) is 39.3 Å². The molecule has 1 N–H and O–H groups in total. The summed E-state index contributed by atoms with van der Waals surface area (Å²) in [4.78, 5) is 20.7. The molecule has 25 heavy (non-hydrogen) atoms. The van der Waals surface area contributed by atoms with Crippen molar-refractivity contribution in [2.24, 2.45) is 0 Å². The summed E-state index contributed by atoms with van der Waals surface area (Å²) in [5.41, 5.74) is 6.63. The lowest BCUT2D eigenvalue weighted by Gasteiger charge is -2.21. The highest BCUT2D eigenvalue weighted by Crippen LogP contribution is 2.26. The van der Waals surface area contributed by atoms with Crippen molar-refractivity contribution in [1.29, 1.82) is 0 Å². The van der Waals surface area contributed by atoms with Crippen molar-refractivity contribution in [2.75, 3.05) is 25.0 Å². The molecule has 0 spiro atoms. The van der Waals surface area contributed by atoms with Crippen LogP contribution in [0, 0.1) is 13.8 Å². The maximum Gasteiger partial charge on any atom is 0.254 e. The zero-order valence-electron chi connectivity index (χ0n) is 15.0. The van der Waals surface area contributed by atoms with E-state index in [1.165, 1.54) is 16.8 Å². The van der Waals surface area contributed by atoms with E-state index in [2.05, 4.69) is 49.0 Å². The number of aromatic amines is 1. The Morgan fingerprint density at radius 3 is 2.72 bits per heavy atom. The number of para-hydroxylation sites is 1. The highest BCUT2D eigenvalue weighted by molar-refractivity contribution is 5.99. The van der Waals surface area contributed by atoms with Gasteiger partial charge in [0, 0.05) is 54.5 Å². The summed E-state index contributed by atoms with van der Waals surface area (Å²) in [5.74, 6) is 0.102. The molecule has 3 aromatic rings. The van der Waals surface area contributed by atoms with E-state index in [0.29, 0.717) is 6.54 Å². The SMILES string of the molecule is Cc1[nH]c2ccc(C(=O)N3CCN(C)c4ccccc4C3)cc2c1C. The van der Waals surface area contributed by atoms with Crippen molar-refractivity contribution in [3.63, 3.8) is 0 Å². The Kier molecular flexibility index (Phi) is 3.75. The fraction of sp³-hybridized carbons (Fsp3) is 0.286. The van der Waals surface area contributed by atoms with Gasteiger partial charge in [0.2, 0.25) is 0 Å². The number of hydrogen-bond donors (Lipinski definition) is 1. The summed E-state index contributed by atoms with van der Waals surface area (Å²) in [5, 5.41) is 1.13. The zero-order valence-corrected chi connectivity index (χ0v) is 15.0. The predicted octanol–water partition coefficient (Wildman–Crippen LogP) is 3.88. The number of H-pyrrole nitrogens is 1. The molecule has 0 unspecified atom stereocenters. The largest absolute Gasteiger partial charge is 0.373 e. The third-order valence-electron chi connectivity index (χ3n) is 5.31.